The standard InChI is InChI=1S/C19H19N3O2S/c1-2-25-19-21-17-16(18(24)22-19)14(11-7-4-3-5-8-11)15-12(20-17)9-6-10-13(15)23/h3-5,7-8,14H,2,6,9-10H2,1H3,(H2,20,21,22,24)/t14-/m0/s1. The van der Waals surface area contributed by atoms with Crippen LogP contribution in [-0.4, -0.2) is 21.5 Å². The van der Waals surface area contributed by atoms with Gasteiger partial charge in [-0.05, 0) is 24.2 Å². The molecule has 2 aromatic rings. The van der Waals surface area contributed by atoms with Gasteiger partial charge in [-0.3, -0.25) is 9.59 Å². The Morgan fingerprint density at radius 3 is 2.76 bits per heavy atom. The molecular formula is C19H19N3O2S. The van der Waals surface area contributed by atoms with E-state index in [-0.39, 0.29) is 17.3 Å². The third kappa shape index (κ3) is 2.80. The number of aromatic amines is 1. The van der Waals surface area contributed by atoms with Gasteiger partial charge in [-0.1, -0.05) is 49.0 Å². The summed E-state index contributed by atoms with van der Waals surface area (Å²) in [5.41, 5.74) is 2.97. The second kappa shape index (κ2) is 6.52. The maximum absolute atomic E-state index is 12.8. The molecule has 0 bridgehead atoms. The summed E-state index contributed by atoms with van der Waals surface area (Å²) in [7, 11) is 0. The fourth-order valence-corrected chi connectivity index (χ4v) is 4.22. The molecule has 5 nitrogen and oxygen atoms in total. The van der Waals surface area contributed by atoms with E-state index in [1.165, 1.54) is 11.8 Å². The number of rotatable bonds is 3. The fraction of sp³-hybridized carbons (Fsp3) is 0.316. The minimum atomic E-state index is -0.350. The minimum Gasteiger partial charge on any atom is -0.343 e. The Bertz CT molecular complexity index is 918. The van der Waals surface area contributed by atoms with Gasteiger partial charge >= 0.3 is 0 Å². The lowest BCUT2D eigenvalue weighted by atomic mass is 9.76. The van der Waals surface area contributed by atoms with Crippen LogP contribution in [0.15, 0.2) is 51.6 Å². The molecule has 1 aliphatic heterocycles. The van der Waals surface area contributed by atoms with Crippen LogP contribution in [0.3, 0.4) is 0 Å². The smallest absolute Gasteiger partial charge is 0.257 e. The predicted molar refractivity (Wildman–Crippen MR) is 99.0 cm³/mol. The van der Waals surface area contributed by atoms with Crippen LogP contribution in [0.2, 0.25) is 0 Å². The van der Waals surface area contributed by atoms with E-state index in [2.05, 4.69) is 15.3 Å². The Hall–Kier alpha value is -2.34. The molecule has 0 amide bonds. The highest BCUT2D eigenvalue weighted by molar-refractivity contribution is 7.99. The van der Waals surface area contributed by atoms with E-state index in [0.717, 1.165) is 35.4 Å². The molecule has 0 saturated carbocycles. The lowest BCUT2D eigenvalue weighted by molar-refractivity contribution is -0.116. The number of nitrogens with one attached hydrogen (secondary N) is 2. The molecule has 25 heavy (non-hydrogen) atoms. The molecule has 1 aliphatic carbocycles. The van der Waals surface area contributed by atoms with Gasteiger partial charge in [0.05, 0.1) is 5.56 Å². The molecule has 2 heterocycles. The average Bonchev–Trinajstić information content (AvgIpc) is 2.61. The number of hydrogen-bond acceptors (Lipinski definition) is 5. The Balaban J connectivity index is 1.95. The van der Waals surface area contributed by atoms with Gasteiger partial charge in [0.1, 0.15) is 5.82 Å². The zero-order chi connectivity index (χ0) is 17.4. The summed E-state index contributed by atoms with van der Waals surface area (Å²) in [6, 6.07) is 9.76. The Kier molecular flexibility index (Phi) is 4.21. The monoisotopic (exact) mass is 353 g/mol. The number of ketones is 1. The topological polar surface area (TPSA) is 74.8 Å². The maximum Gasteiger partial charge on any atom is 0.257 e. The van der Waals surface area contributed by atoms with E-state index in [4.69, 9.17) is 0 Å². The first kappa shape index (κ1) is 16.1. The van der Waals surface area contributed by atoms with Crippen LogP contribution < -0.4 is 10.9 Å². The van der Waals surface area contributed by atoms with E-state index in [0.29, 0.717) is 23.0 Å². The number of carbonyl (C=O) groups is 1. The van der Waals surface area contributed by atoms with Crippen molar-refractivity contribution in [2.75, 3.05) is 11.1 Å². The fourth-order valence-electron chi connectivity index (χ4n) is 3.62. The zero-order valence-electron chi connectivity index (χ0n) is 14.0. The molecule has 1 atom stereocenters. The summed E-state index contributed by atoms with van der Waals surface area (Å²) in [6.07, 6.45) is 2.18. The third-order valence-corrected chi connectivity index (χ3v) is 5.41. The van der Waals surface area contributed by atoms with Crippen molar-refractivity contribution in [1.82, 2.24) is 9.97 Å². The van der Waals surface area contributed by atoms with E-state index in [9.17, 15) is 9.59 Å². The number of nitrogens with zero attached hydrogens (tertiary/aromatic N) is 1. The van der Waals surface area contributed by atoms with Gasteiger partial charge in [0.25, 0.3) is 5.56 Å². The van der Waals surface area contributed by atoms with Crippen LogP contribution >= 0.6 is 11.8 Å². The first-order valence-electron chi connectivity index (χ1n) is 8.54. The van der Waals surface area contributed by atoms with E-state index in [1.54, 1.807) is 0 Å². The predicted octanol–water partition coefficient (Wildman–Crippen LogP) is 3.45. The Morgan fingerprint density at radius 2 is 2.00 bits per heavy atom. The third-order valence-electron chi connectivity index (χ3n) is 4.65. The molecule has 0 unspecified atom stereocenters. The number of allylic oxidation sites excluding steroid dienone is 2. The molecular weight excluding hydrogens is 334 g/mol. The van der Waals surface area contributed by atoms with Gasteiger partial charge in [0.2, 0.25) is 0 Å². The van der Waals surface area contributed by atoms with Gasteiger partial charge in [-0.25, -0.2) is 4.98 Å². The van der Waals surface area contributed by atoms with Crippen molar-refractivity contribution in [2.24, 2.45) is 0 Å². The van der Waals surface area contributed by atoms with Gasteiger partial charge in [0.15, 0.2) is 10.9 Å². The van der Waals surface area contributed by atoms with Crippen molar-refractivity contribution < 1.29 is 4.79 Å². The van der Waals surface area contributed by atoms with Crippen molar-refractivity contribution in [3.8, 4) is 0 Å². The number of hydrogen-bond donors (Lipinski definition) is 2. The highest BCUT2D eigenvalue weighted by Crippen LogP contribution is 2.43. The number of fused-ring (bicyclic) bond motifs is 1. The first-order valence-corrected chi connectivity index (χ1v) is 9.52. The minimum absolute atomic E-state index is 0.125. The van der Waals surface area contributed by atoms with E-state index >= 15 is 0 Å². The van der Waals surface area contributed by atoms with Crippen LogP contribution in [0.1, 0.15) is 43.2 Å². The molecule has 0 radical (unpaired) electrons. The molecule has 1 aromatic carbocycles. The largest absolute Gasteiger partial charge is 0.343 e. The number of thioether (sulfide) groups is 1. The highest BCUT2D eigenvalue weighted by atomic mass is 32.2. The van der Waals surface area contributed by atoms with Crippen LogP contribution in [0.5, 0.6) is 0 Å². The quantitative estimate of drug-likeness (QED) is 0.653. The lowest BCUT2D eigenvalue weighted by Crippen LogP contribution is -2.32. The summed E-state index contributed by atoms with van der Waals surface area (Å²) in [5.74, 6) is 1.19. The number of Topliss-reactive ketones (excluding diaryl/α,β-unsaturated/α-hetero) is 1. The Morgan fingerprint density at radius 1 is 1.20 bits per heavy atom. The molecule has 128 valence electrons. The van der Waals surface area contributed by atoms with Crippen molar-refractivity contribution in [2.45, 2.75) is 37.3 Å². The number of H-pyrrole nitrogens is 1. The second-order valence-corrected chi connectivity index (χ2v) is 7.46. The van der Waals surface area contributed by atoms with Gasteiger partial charge in [0, 0.05) is 23.6 Å². The number of anilines is 1. The summed E-state index contributed by atoms with van der Waals surface area (Å²) in [6.45, 7) is 2.02. The maximum atomic E-state index is 12.8. The lowest BCUT2D eigenvalue weighted by Gasteiger charge is -2.32. The zero-order valence-corrected chi connectivity index (χ0v) is 14.8. The SMILES string of the molecule is CCSc1nc2c(c(=O)[nH]1)[C@@H](c1ccccc1)C1=C(CCCC1=O)N2. The average molecular weight is 353 g/mol. The van der Waals surface area contributed by atoms with Crippen molar-refractivity contribution in [3.63, 3.8) is 0 Å². The molecule has 4 rings (SSSR count). The molecule has 1 aromatic heterocycles. The number of benzene rings is 1. The molecule has 2 aliphatic rings. The first-order chi connectivity index (χ1) is 12.2. The summed E-state index contributed by atoms with van der Waals surface area (Å²) < 4.78 is 0. The van der Waals surface area contributed by atoms with E-state index < -0.39 is 0 Å². The number of carbonyl (C=O) groups excluding carboxylic acids is 1. The molecule has 6 heteroatoms. The van der Waals surface area contributed by atoms with Gasteiger partial charge in [-0.15, -0.1) is 0 Å². The van der Waals surface area contributed by atoms with Crippen LogP contribution in [-0.2, 0) is 4.79 Å². The van der Waals surface area contributed by atoms with Crippen molar-refractivity contribution in [1.29, 1.82) is 0 Å². The molecule has 0 saturated heterocycles. The molecule has 0 fully saturated rings. The van der Waals surface area contributed by atoms with Crippen LogP contribution in [0, 0.1) is 0 Å². The summed E-state index contributed by atoms with van der Waals surface area (Å²) >= 11 is 1.50. The molecule has 0 spiro atoms. The van der Waals surface area contributed by atoms with Crippen molar-refractivity contribution in [3.05, 3.63) is 63.1 Å². The normalized spacial score (nSPS) is 19.2. The van der Waals surface area contributed by atoms with Gasteiger partial charge in [-0.2, -0.15) is 0 Å². The number of aromatic nitrogens is 2. The van der Waals surface area contributed by atoms with Crippen LogP contribution in [0.4, 0.5) is 5.82 Å². The Labute approximate surface area is 150 Å². The van der Waals surface area contributed by atoms with Gasteiger partial charge < -0.3 is 10.3 Å². The summed E-state index contributed by atoms with van der Waals surface area (Å²) in [5, 5.41) is 3.89. The summed E-state index contributed by atoms with van der Waals surface area (Å²) in [4.78, 5) is 33.0. The van der Waals surface area contributed by atoms with E-state index in [1.807, 2.05) is 37.3 Å². The van der Waals surface area contributed by atoms with Crippen LogP contribution in [0.25, 0.3) is 0 Å². The second-order valence-electron chi connectivity index (χ2n) is 6.20. The van der Waals surface area contributed by atoms with Crippen molar-refractivity contribution >= 4 is 23.4 Å². The highest BCUT2D eigenvalue weighted by Gasteiger charge is 2.37. The molecule has 2 N–H and O–H groups in total.